The molecule has 21 heavy (non-hydrogen) atoms. The Balaban J connectivity index is 0.000000342. The molecule has 2 nitrogen and oxygen atoms in total. The fourth-order valence-electron chi connectivity index (χ4n) is 2.58. The first-order valence-corrected chi connectivity index (χ1v) is 8.36. The molecule has 0 aliphatic carbocycles. The number of rotatable bonds is 2. The van der Waals surface area contributed by atoms with Gasteiger partial charge < -0.3 is 4.90 Å². The highest BCUT2D eigenvalue weighted by molar-refractivity contribution is 5.48. The molecule has 1 amide bonds. The Morgan fingerprint density at radius 2 is 1.76 bits per heavy atom. The van der Waals surface area contributed by atoms with Crippen molar-refractivity contribution in [3.8, 4) is 0 Å². The van der Waals surface area contributed by atoms with Crippen LogP contribution in [0.2, 0.25) is 0 Å². The monoisotopic (exact) mass is 291 g/mol. The van der Waals surface area contributed by atoms with Crippen LogP contribution >= 0.6 is 0 Å². The van der Waals surface area contributed by atoms with Gasteiger partial charge in [0.15, 0.2) is 0 Å². The molecule has 0 N–H and O–H groups in total. The first-order valence-electron chi connectivity index (χ1n) is 8.36. The van der Waals surface area contributed by atoms with E-state index in [-0.39, 0.29) is 0 Å². The Morgan fingerprint density at radius 3 is 2.10 bits per heavy atom. The molecule has 1 aromatic rings. The standard InChI is InChI=1S/C9H12.C8H15NO.C2H6/c1-3-9-6-4-5-8(2)7-9;1-7-4-3-5-8(2)9(7)6-10;1-2/h4-7H,3H2,1-2H3;6-8H,3-5H2,1-2H3;1-2H3. The minimum atomic E-state index is 0.459. The Kier molecular flexibility index (Phi) is 10.7. The maximum absolute atomic E-state index is 10.5. The maximum atomic E-state index is 10.5. The van der Waals surface area contributed by atoms with Gasteiger partial charge in [0.1, 0.15) is 0 Å². The van der Waals surface area contributed by atoms with Gasteiger partial charge in [0, 0.05) is 12.1 Å². The first-order chi connectivity index (χ1) is 10.1. The summed E-state index contributed by atoms with van der Waals surface area (Å²) < 4.78 is 0. The third-order valence-corrected chi connectivity index (χ3v) is 3.87. The average molecular weight is 291 g/mol. The highest BCUT2D eigenvalue weighted by Crippen LogP contribution is 2.20. The van der Waals surface area contributed by atoms with Crippen molar-refractivity contribution in [3.05, 3.63) is 35.4 Å². The van der Waals surface area contributed by atoms with Crippen molar-refractivity contribution in [1.29, 1.82) is 0 Å². The molecule has 1 aliphatic heterocycles. The van der Waals surface area contributed by atoms with Gasteiger partial charge in [-0.1, -0.05) is 50.6 Å². The predicted molar refractivity (Wildman–Crippen MR) is 92.6 cm³/mol. The summed E-state index contributed by atoms with van der Waals surface area (Å²) in [6.45, 7) is 12.5. The molecule has 0 saturated carbocycles. The number of hydrogen-bond donors (Lipinski definition) is 0. The van der Waals surface area contributed by atoms with E-state index >= 15 is 0 Å². The molecule has 0 radical (unpaired) electrons. The Morgan fingerprint density at radius 1 is 1.19 bits per heavy atom. The quantitative estimate of drug-likeness (QED) is 0.703. The fraction of sp³-hybridized carbons (Fsp3) is 0.632. The molecular weight excluding hydrogens is 258 g/mol. The molecule has 1 aromatic carbocycles. The van der Waals surface area contributed by atoms with Crippen molar-refractivity contribution >= 4 is 6.41 Å². The predicted octanol–water partition coefficient (Wildman–Crippen LogP) is 4.99. The minimum absolute atomic E-state index is 0.459. The zero-order valence-corrected chi connectivity index (χ0v) is 14.7. The van der Waals surface area contributed by atoms with Crippen LogP contribution in [0.3, 0.4) is 0 Å². The van der Waals surface area contributed by atoms with Gasteiger partial charge in [0.25, 0.3) is 0 Å². The molecule has 1 saturated heterocycles. The number of carbonyl (C=O) groups is 1. The molecule has 120 valence electrons. The Labute approximate surface area is 131 Å². The lowest BCUT2D eigenvalue weighted by atomic mass is 9.99. The van der Waals surface area contributed by atoms with Crippen LogP contribution in [-0.4, -0.2) is 23.4 Å². The molecular formula is C19H33NO. The minimum Gasteiger partial charge on any atom is -0.340 e. The van der Waals surface area contributed by atoms with E-state index in [0.717, 1.165) is 12.8 Å². The normalized spacial score (nSPS) is 20.6. The summed E-state index contributed by atoms with van der Waals surface area (Å²) in [5, 5.41) is 0. The van der Waals surface area contributed by atoms with E-state index in [1.54, 1.807) is 0 Å². The van der Waals surface area contributed by atoms with Crippen LogP contribution in [0.1, 0.15) is 65.0 Å². The zero-order chi connectivity index (χ0) is 16.3. The second kappa shape index (κ2) is 11.4. The molecule has 2 heteroatoms. The highest BCUT2D eigenvalue weighted by atomic mass is 16.1. The number of nitrogens with zero attached hydrogens (tertiary/aromatic N) is 1. The third-order valence-electron chi connectivity index (χ3n) is 3.87. The molecule has 2 unspecified atom stereocenters. The largest absolute Gasteiger partial charge is 0.340 e. The van der Waals surface area contributed by atoms with E-state index in [2.05, 4.69) is 52.0 Å². The number of likely N-dealkylation sites (tertiary alicyclic amines) is 1. The number of carbonyl (C=O) groups excluding carboxylic acids is 1. The van der Waals surface area contributed by atoms with E-state index in [9.17, 15) is 4.79 Å². The van der Waals surface area contributed by atoms with Crippen LogP contribution in [0.25, 0.3) is 0 Å². The van der Waals surface area contributed by atoms with Gasteiger partial charge in [-0.15, -0.1) is 0 Å². The van der Waals surface area contributed by atoms with Crippen LogP contribution in [0, 0.1) is 6.92 Å². The molecule has 0 spiro atoms. The molecule has 2 atom stereocenters. The molecule has 1 heterocycles. The van der Waals surface area contributed by atoms with Crippen molar-refractivity contribution in [3.63, 3.8) is 0 Å². The number of aryl methyl sites for hydroxylation is 2. The van der Waals surface area contributed by atoms with E-state index in [4.69, 9.17) is 0 Å². The van der Waals surface area contributed by atoms with Gasteiger partial charge in [-0.2, -0.15) is 0 Å². The van der Waals surface area contributed by atoms with Crippen molar-refractivity contribution in [1.82, 2.24) is 4.90 Å². The van der Waals surface area contributed by atoms with Crippen LogP contribution in [0.15, 0.2) is 24.3 Å². The SMILES string of the molecule is CC.CC1CCCC(C)N1C=O.CCc1cccc(C)c1. The summed E-state index contributed by atoms with van der Waals surface area (Å²) >= 11 is 0. The summed E-state index contributed by atoms with van der Waals surface area (Å²) in [4.78, 5) is 12.4. The lowest BCUT2D eigenvalue weighted by Gasteiger charge is -2.35. The number of hydrogen-bond acceptors (Lipinski definition) is 1. The Hall–Kier alpha value is -1.31. The van der Waals surface area contributed by atoms with Crippen LogP contribution in [0.5, 0.6) is 0 Å². The van der Waals surface area contributed by atoms with Crippen LogP contribution < -0.4 is 0 Å². The fourth-order valence-corrected chi connectivity index (χ4v) is 2.58. The first kappa shape index (κ1) is 19.7. The van der Waals surface area contributed by atoms with Crippen LogP contribution in [0.4, 0.5) is 0 Å². The second-order valence-corrected chi connectivity index (χ2v) is 5.52. The van der Waals surface area contributed by atoms with Gasteiger partial charge in [-0.3, -0.25) is 4.79 Å². The van der Waals surface area contributed by atoms with Gasteiger partial charge in [0.05, 0.1) is 0 Å². The molecule has 1 fully saturated rings. The van der Waals surface area contributed by atoms with Gasteiger partial charge >= 0.3 is 0 Å². The van der Waals surface area contributed by atoms with Crippen molar-refractivity contribution in [2.45, 2.75) is 79.3 Å². The van der Waals surface area contributed by atoms with Crippen molar-refractivity contribution in [2.75, 3.05) is 0 Å². The highest BCUT2D eigenvalue weighted by Gasteiger charge is 2.22. The summed E-state index contributed by atoms with van der Waals surface area (Å²) in [7, 11) is 0. The topological polar surface area (TPSA) is 20.3 Å². The van der Waals surface area contributed by atoms with Crippen molar-refractivity contribution < 1.29 is 4.79 Å². The number of piperidine rings is 1. The van der Waals surface area contributed by atoms with E-state index in [0.29, 0.717) is 12.1 Å². The molecule has 2 rings (SSSR count). The van der Waals surface area contributed by atoms with Gasteiger partial charge in [0.2, 0.25) is 6.41 Å². The summed E-state index contributed by atoms with van der Waals surface area (Å²) in [5.74, 6) is 0. The number of benzene rings is 1. The maximum Gasteiger partial charge on any atom is 0.210 e. The van der Waals surface area contributed by atoms with Gasteiger partial charge in [-0.05, 0) is 52.0 Å². The van der Waals surface area contributed by atoms with E-state index in [1.807, 2.05) is 18.7 Å². The smallest absolute Gasteiger partial charge is 0.210 e. The van der Waals surface area contributed by atoms with Crippen molar-refractivity contribution in [2.24, 2.45) is 0 Å². The summed E-state index contributed by atoms with van der Waals surface area (Å²) in [5.41, 5.74) is 2.78. The number of amides is 1. The summed E-state index contributed by atoms with van der Waals surface area (Å²) in [6, 6.07) is 9.53. The van der Waals surface area contributed by atoms with Gasteiger partial charge in [-0.25, -0.2) is 0 Å². The molecule has 0 bridgehead atoms. The summed E-state index contributed by atoms with van der Waals surface area (Å²) in [6.07, 6.45) is 5.73. The molecule has 0 aromatic heterocycles. The lowest BCUT2D eigenvalue weighted by molar-refractivity contribution is -0.123. The third kappa shape index (κ3) is 7.31. The lowest BCUT2D eigenvalue weighted by Crippen LogP contribution is -2.42. The Bertz CT molecular complexity index is 379. The molecule has 1 aliphatic rings. The second-order valence-electron chi connectivity index (χ2n) is 5.52. The van der Waals surface area contributed by atoms with E-state index in [1.165, 1.54) is 30.4 Å². The van der Waals surface area contributed by atoms with Crippen LogP contribution in [-0.2, 0) is 11.2 Å². The average Bonchev–Trinajstić information content (AvgIpc) is 2.50. The zero-order valence-electron chi connectivity index (χ0n) is 14.7. The van der Waals surface area contributed by atoms with E-state index < -0.39 is 0 Å².